The van der Waals surface area contributed by atoms with E-state index in [9.17, 15) is 0 Å². The number of aliphatic imine (C=N–C) groups is 1. The van der Waals surface area contributed by atoms with Gasteiger partial charge in [-0.1, -0.05) is 12.1 Å². The third-order valence-corrected chi connectivity index (χ3v) is 4.15. The summed E-state index contributed by atoms with van der Waals surface area (Å²) < 4.78 is 7.18. The largest absolute Gasteiger partial charge is 0.383 e. The monoisotopic (exact) mass is 357 g/mol. The van der Waals surface area contributed by atoms with E-state index in [0.29, 0.717) is 13.2 Å². The maximum atomic E-state index is 5.05. The molecule has 1 aromatic heterocycles. The first-order chi connectivity index (χ1) is 12.6. The highest BCUT2D eigenvalue weighted by Crippen LogP contribution is 2.11. The Morgan fingerprint density at radius 1 is 1.23 bits per heavy atom. The van der Waals surface area contributed by atoms with Gasteiger partial charge in [0.05, 0.1) is 19.7 Å². The third-order valence-electron chi connectivity index (χ3n) is 4.15. The Morgan fingerprint density at radius 3 is 2.62 bits per heavy atom. The molecule has 26 heavy (non-hydrogen) atoms. The number of aryl methyl sites for hydroxylation is 1. The van der Waals surface area contributed by atoms with E-state index in [-0.39, 0.29) is 0 Å². The molecule has 0 unspecified atom stereocenters. The molecule has 0 saturated heterocycles. The lowest BCUT2D eigenvalue weighted by Gasteiger charge is -2.22. The zero-order chi connectivity index (χ0) is 18.8. The van der Waals surface area contributed by atoms with Crippen LogP contribution < -0.4 is 10.6 Å². The molecule has 0 spiro atoms. The topological polar surface area (TPSA) is 53.8 Å². The van der Waals surface area contributed by atoms with Crippen LogP contribution in [-0.4, -0.2) is 49.3 Å². The Kier molecular flexibility index (Phi) is 8.02. The van der Waals surface area contributed by atoms with Gasteiger partial charge in [0.2, 0.25) is 0 Å². The van der Waals surface area contributed by atoms with Gasteiger partial charge in [0.15, 0.2) is 5.96 Å². The fourth-order valence-electron chi connectivity index (χ4n) is 2.64. The smallest absolute Gasteiger partial charge is 0.194 e. The lowest BCUT2D eigenvalue weighted by Crippen LogP contribution is -2.38. The number of anilines is 1. The van der Waals surface area contributed by atoms with Crippen molar-refractivity contribution >= 4 is 11.6 Å². The molecule has 0 fully saturated rings. The van der Waals surface area contributed by atoms with Crippen molar-refractivity contribution in [3.8, 4) is 0 Å². The van der Waals surface area contributed by atoms with Crippen molar-refractivity contribution in [2.45, 2.75) is 20.0 Å². The van der Waals surface area contributed by atoms with E-state index in [1.165, 1.54) is 11.3 Å². The van der Waals surface area contributed by atoms with E-state index in [1.54, 1.807) is 7.11 Å². The van der Waals surface area contributed by atoms with Gasteiger partial charge in [-0.3, -0.25) is 0 Å². The van der Waals surface area contributed by atoms with Gasteiger partial charge in [-0.25, -0.2) is 4.99 Å². The third kappa shape index (κ3) is 6.11. The van der Waals surface area contributed by atoms with Gasteiger partial charge in [-0.15, -0.1) is 0 Å². The number of aromatic nitrogens is 1. The number of hydrogen-bond donors (Lipinski definition) is 2. The summed E-state index contributed by atoms with van der Waals surface area (Å²) in [6, 6.07) is 12.6. The first-order valence-electron chi connectivity index (χ1n) is 9.05. The lowest BCUT2D eigenvalue weighted by atomic mass is 10.2. The van der Waals surface area contributed by atoms with Crippen LogP contribution in [0.1, 0.15) is 18.2 Å². The average Bonchev–Trinajstić information content (AvgIpc) is 3.04. The van der Waals surface area contributed by atoms with Gasteiger partial charge < -0.3 is 24.8 Å². The van der Waals surface area contributed by atoms with Crippen molar-refractivity contribution < 1.29 is 4.74 Å². The molecule has 0 saturated carbocycles. The first kappa shape index (κ1) is 19.8. The van der Waals surface area contributed by atoms with Crippen LogP contribution in [0.4, 0.5) is 5.69 Å². The van der Waals surface area contributed by atoms with Crippen molar-refractivity contribution in [2.24, 2.45) is 12.0 Å². The zero-order valence-electron chi connectivity index (χ0n) is 16.3. The Bertz CT molecular complexity index is 678. The Morgan fingerprint density at radius 2 is 2.00 bits per heavy atom. The molecule has 1 heterocycles. The van der Waals surface area contributed by atoms with Gasteiger partial charge >= 0.3 is 0 Å². The Balaban J connectivity index is 1.96. The summed E-state index contributed by atoms with van der Waals surface area (Å²) >= 11 is 0. The molecule has 2 N–H and O–H groups in total. The number of rotatable bonds is 9. The highest BCUT2D eigenvalue weighted by Gasteiger charge is 2.08. The van der Waals surface area contributed by atoms with Crippen LogP contribution in [0.5, 0.6) is 0 Å². The molecular formula is C20H31N5O. The summed E-state index contributed by atoms with van der Waals surface area (Å²) in [5, 5.41) is 6.69. The standard InChI is InChI=1S/C20H31N5O/c1-5-21-20(25(3)16-19-7-6-13-24(19)2)23-15-17-8-10-18(11-9-17)22-12-14-26-4/h6-11,13,22H,5,12,14-16H2,1-4H3,(H,21,23). The van der Waals surface area contributed by atoms with Crippen molar-refractivity contribution in [1.29, 1.82) is 0 Å². The van der Waals surface area contributed by atoms with E-state index in [2.05, 4.69) is 83.7 Å². The number of nitrogens with one attached hydrogen (secondary N) is 2. The molecule has 0 amide bonds. The highest BCUT2D eigenvalue weighted by atomic mass is 16.5. The fourth-order valence-corrected chi connectivity index (χ4v) is 2.64. The van der Waals surface area contributed by atoms with Gasteiger partial charge in [0.25, 0.3) is 0 Å². The van der Waals surface area contributed by atoms with Gasteiger partial charge in [-0.05, 0) is 36.8 Å². The Labute approximate surface area is 156 Å². The minimum atomic E-state index is 0.651. The van der Waals surface area contributed by atoms with E-state index in [1.807, 2.05) is 0 Å². The molecule has 0 radical (unpaired) electrons. The molecule has 0 aliphatic rings. The van der Waals surface area contributed by atoms with Gasteiger partial charge in [0.1, 0.15) is 0 Å². The summed E-state index contributed by atoms with van der Waals surface area (Å²) in [6.07, 6.45) is 2.06. The van der Waals surface area contributed by atoms with Crippen LogP contribution in [0.25, 0.3) is 0 Å². The summed E-state index contributed by atoms with van der Waals surface area (Å²) in [5.74, 6) is 0.913. The minimum Gasteiger partial charge on any atom is -0.383 e. The molecule has 0 aliphatic heterocycles. The predicted molar refractivity (Wildman–Crippen MR) is 109 cm³/mol. The number of hydrogen-bond acceptors (Lipinski definition) is 3. The van der Waals surface area contributed by atoms with Crippen molar-refractivity contribution in [3.63, 3.8) is 0 Å². The van der Waals surface area contributed by atoms with E-state index in [4.69, 9.17) is 9.73 Å². The van der Waals surface area contributed by atoms with Crippen LogP contribution in [-0.2, 0) is 24.9 Å². The van der Waals surface area contributed by atoms with Crippen LogP contribution >= 0.6 is 0 Å². The number of nitrogens with zero attached hydrogens (tertiary/aromatic N) is 3. The minimum absolute atomic E-state index is 0.651. The molecular weight excluding hydrogens is 326 g/mol. The maximum Gasteiger partial charge on any atom is 0.194 e. The number of ether oxygens (including phenoxy) is 1. The molecule has 6 nitrogen and oxygen atoms in total. The second-order valence-electron chi connectivity index (χ2n) is 6.25. The second-order valence-corrected chi connectivity index (χ2v) is 6.25. The molecule has 0 aliphatic carbocycles. The van der Waals surface area contributed by atoms with E-state index >= 15 is 0 Å². The van der Waals surface area contributed by atoms with E-state index < -0.39 is 0 Å². The molecule has 1 aromatic carbocycles. The normalized spacial score (nSPS) is 11.5. The predicted octanol–water partition coefficient (Wildman–Crippen LogP) is 2.68. The molecule has 6 heteroatoms. The average molecular weight is 358 g/mol. The van der Waals surface area contributed by atoms with Crippen molar-refractivity contribution in [2.75, 3.05) is 39.2 Å². The number of methoxy groups -OCH3 is 1. The second kappa shape index (κ2) is 10.5. The van der Waals surface area contributed by atoms with E-state index in [0.717, 1.165) is 31.3 Å². The zero-order valence-corrected chi connectivity index (χ0v) is 16.3. The quantitative estimate of drug-likeness (QED) is 0.412. The summed E-state index contributed by atoms with van der Waals surface area (Å²) in [7, 11) is 5.84. The summed E-state index contributed by atoms with van der Waals surface area (Å²) in [5.41, 5.74) is 3.54. The number of benzene rings is 1. The van der Waals surface area contributed by atoms with Crippen LogP contribution in [0.15, 0.2) is 47.6 Å². The lowest BCUT2D eigenvalue weighted by molar-refractivity contribution is 0.211. The molecule has 2 aromatic rings. The van der Waals surface area contributed by atoms with Crippen molar-refractivity contribution in [3.05, 3.63) is 53.9 Å². The number of guanidine groups is 1. The molecule has 0 bridgehead atoms. The van der Waals surface area contributed by atoms with Gasteiger partial charge in [0, 0.05) is 51.9 Å². The summed E-state index contributed by atoms with van der Waals surface area (Å²) in [4.78, 5) is 6.93. The van der Waals surface area contributed by atoms with Crippen LogP contribution in [0.2, 0.25) is 0 Å². The van der Waals surface area contributed by atoms with Crippen LogP contribution in [0.3, 0.4) is 0 Å². The van der Waals surface area contributed by atoms with Gasteiger partial charge in [-0.2, -0.15) is 0 Å². The van der Waals surface area contributed by atoms with Crippen molar-refractivity contribution in [1.82, 2.24) is 14.8 Å². The Hall–Kier alpha value is -2.47. The maximum absolute atomic E-state index is 5.05. The first-order valence-corrected chi connectivity index (χ1v) is 9.05. The molecule has 0 atom stereocenters. The highest BCUT2D eigenvalue weighted by molar-refractivity contribution is 5.79. The summed E-state index contributed by atoms with van der Waals surface area (Å²) in [6.45, 7) is 5.91. The fraction of sp³-hybridized carbons (Fsp3) is 0.450. The SMILES string of the molecule is CCNC(=NCc1ccc(NCCOC)cc1)N(C)Cc1cccn1C. The molecule has 2 rings (SSSR count). The van der Waals surface area contributed by atoms with Crippen LogP contribution in [0, 0.1) is 0 Å². The molecule has 142 valence electrons.